The Kier molecular flexibility index (Phi) is 7.99. The van der Waals surface area contributed by atoms with Crippen molar-refractivity contribution >= 4 is 34.5 Å². The maximum atomic E-state index is 11.8. The molecule has 0 aliphatic carbocycles. The van der Waals surface area contributed by atoms with E-state index < -0.39 is 42.5 Å². The molecule has 0 radical (unpaired) electrons. The van der Waals surface area contributed by atoms with E-state index in [-0.39, 0.29) is 12.4 Å². The van der Waals surface area contributed by atoms with Crippen LogP contribution in [0.15, 0.2) is 48.5 Å². The first-order chi connectivity index (χ1) is 16.7. The first-order valence-corrected chi connectivity index (χ1v) is 12.9. The lowest BCUT2D eigenvalue weighted by Gasteiger charge is -2.41. The smallest absolute Gasteiger partial charge is 0.309 e. The van der Waals surface area contributed by atoms with Crippen LogP contribution in [0.25, 0.3) is 11.1 Å². The van der Waals surface area contributed by atoms with Crippen molar-refractivity contribution in [2.75, 3.05) is 11.5 Å². The van der Waals surface area contributed by atoms with Crippen molar-refractivity contribution in [2.45, 2.75) is 63.7 Å². The number of fused-ring (bicyclic) bond motifs is 1. The number of carbonyl (C=O) groups is 2. The summed E-state index contributed by atoms with van der Waals surface area (Å²) in [7, 11) is 1.37. The third-order valence-electron chi connectivity index (χ3n) is 5.83. The van der Waals surface area contributed by atoms with E-state index in [0.717, 1.165) is 16.7 Å². The number of para-hydroxylation sites is 1. The van der Waals surface area contributed by atoms with Crippen LogP contribution in [-0.2, 0) is 39.7 Å². The van der Waals surface area contributed by atoms with E-state index in [1.807, 2.05) is 62.4 Å². The van der Waals surface area contributed by atoms with Crippen LogP contribution in [0.1, 0.15) is 26.3 Å². The molecule has 35 heavy (non-hydrogen) atoms. The van der Waals surface area contributed by atoms with E-state index in [1.165, 1.54) is 14.0 Å². The second kappa shape index (κ2) is 10.8. The van der Waals surface area contributed by atoms with Crippen molar-refractivity contribution in [3.8, 4) is 16.9 Å². The number of rotatable bonds is 7. The second-order valence-electron chi connectivity index (χ2n) is 8.90. The summed E-state index contributed by atoms with van der Waals surface area (Å²) in [6.07, 6.45) is -2.79. The monoisotopic (exact) mass is 596 g/mol. The minimum atomic E-state index is -0.888. The molecule has 5 atom stereocenters. The van der Waals surface area contributed by atoms with Gasteiger partial charge in [0.15, 0.2) is 18.0 Å². The van der Waals surface area contributed by atoms with Gasteiger partial charge in [0, 0.05) is 16.9 Å². The van der Waals surface area contributed by atoms with Crippen molar-refractivity contribution in [2.24, 2.45) is 0 Å². The molecule has 0 bridgehead atoms. The Bertz CT molecular complexity index is 1070. The topological polar surface area (TPSA) is 89.5 Å². The molecule has 0 spiro atoms. The molecule has 3 unspecified atom stereocenters. The summed E-state index contributed by atoms with van der Waals surface area (Å²) in [5.74, 6) is -1.00. The minimum absolute atomic E-state index is 0.179. The fourth-order valence-corrected chi connectivity index (χ4v) is 5.10. The van der Waals surface area contributed by atoms with Crippen LogP contribution in [0, 0.1) is 0 Å². The molecule has 9 heteroatoms. The van der Waals surface area contributed by atoms with E-state index in [9.17, 15) is 9.59 Å². The van der Waals surface area contributed by atoms with Crippen LogP contribution in [-0.4, -0.2) is 60.0 Å². The number of esters is 2. The van der Waals surface area contributed by atoms with Crippen molar-refractivity contribution in [1.29, 1.82) is 0 Å². The van der Waals surface area contributed by atoms with E-state index in [0.29, 0.717) is 10.2 Å². The zero-order chi connectivity index (χ0) is 25.2. The molecule has 8 nitrogen and oxygen atoms in total. The van der Waals surface area contributed by atoms with E-state index in [2.05, 4.69) is 22.6 Å². The van der Waals surface area contributed by atoms with Crippen molar-refractivity contribution < 1.29 is 38.0 Å². The highest BCUT2D eigenvalue weighted by Crippen LogP contribution is 2.41. The largest absolute Gasteiger partial charge is 0.469 e. The third-order valence-corrected chi connectivity index (χ3v) is 6.70. The van der Waals surface area contributed by atoms with Gasteiger partial charge < -0.3 is 28.4 Å². The number of alkyl halides is 1. The molecule has 188 valence electrons. The predicted molar refractivity (Wildman–Crippen MR) is 135 cm³/mol. The van der Waals surface area contributed by atoms with Crippen molar-refractivity contribution in [1.82, 2.24) is 0 Å². The number of ether oxygens (including phenoxy) is 6. The summed E-state index contributed by atoms with van der Waals surface area (Å²) in [5, 5.41) is 0. The predicted octanol–water partition coefficient (Wildman–Crippen LogP) is 4.06. The van der Waals surface area contributed by atoms with Gasteiger partial charge in [-0.15, -0.1) is 0 Å². The summed E-state index contributed by atoms with van der Waals surface area (Å²) >= 11 is 2.20. The van der Waals surface area contributed by atoms with E-state index in [1.54, 1.807) is 0 Å². The molecule has 2 aromatic rings. The maximum Gasteiger partial charge on any atom is 0.309 e. The highest BCUT2D eigenvalue weighted by Gasteiger charge is 2.57. The summed E-state index contributed by atoms with van der Waals surface area (Å²) in [6.45, 7) is 4.99. The SMILES string of the molecule is COC(=O)Cc1cccc(-c2ccccc2OC2O[C@H](CI)C(OC(C)=O)C3OC(C)(C)O[C@H]23)c1. The molecular formula is C26H29IO8. The van der Waals surface area contributed by atoms with Crippen molar-refractivity contribution in [3.63, 3.8) is 0 Å². The van der Waals surface area contributed by atoms with Crippen LogP contribution in [0.4, 0.5) is 0 Å². The number of halogens is 1. The van der Waals surface area contributed by atoms with E-state index in [4.69, 9.17) is 28.4 Å². The Labute approximate surface area is 218 Å². The summed E-state index contributed by atoms with van der Waals surface area (Å²) < 4.78 is 35.9. The zero-order valence-electron chi connectivity index (χ0n) is 20.1. The number of benzene rings is 2. The number of carbonyl (C=O) groups excluding carboxylic acids is 2. The van der Waals surface area contributed by atoms with Gasteiger partial charge in [0.2, 0.25) is 6.29 Å². The maximum absolute atomic E-state index is 11.8. The van der Waals surface area contributed by atoms with Gasteiger partial charge in [-0.05, 0) is 31.0 Å². The van der Waals surface area contributed by atoms with Gasteiger partial charge in [0.05, 0.1) is 13.5 Å². The number of hydrogen-bond donors (Lipinski definition) is 0. The third kappa shape index (κ3) is 5.96. The standard InChI is InChI=1S/C26H29IO8/c1-15(28)31-22-20(14-27)33-25(24-23(22)34-26(2,3)35-24)32-19-11-6-5-10-18(19)17-9-7-8-16(12-17)13-21(29)30-4/h5-12,20,22-25H,13-14H2,1-4H3/t20-,22?,23?,24+,25?/m1/s1. The first kappa shape index (κ1) is 25.9. The molecule has 0 N–H and O–H groups in total. The number of methoxy groups -OCH3 is 1. The minimum Gasteiger partial charge on any atom is -0.469 e. The van der Waals surface area contributed by atoms with Crippen LogP contribution in [0.3, 0.4) is 0 Å². The Morgan fingerprint density at radius 1 is 1.06 bits per heavy atom. The van der Waals surface area contributed by atoms with E-state index >= 15 is 0 Å². The lowest BCUT2D eigenvalue weighted by molar-refractivity contribution is -0.245. The molecule has 2 aromatic carbocycles. The van der Waals surface area contributed by atoms with Crippen LogP contribution in [0.5, 0.6) is 5.75 Å². The highest BCUT2D eigenvalue weighted by atomic mass is 127. The van der Waals surface area contributed by atoms with Gasteiger partial charge in [-0.25, -0.2) is 0 Å². The molecule has 2 aliphatic rings. The van der Waals surface area contributed by atoms with Gasteiger partial charge in [0.1, 0.15) is 18.0 Å². The molecule has 2 aliphatic heterocycles. The summed E-state index contributed by atoms with van der Waals surface area (Å²) in [4.78, 5) is 23.5. The molecule has 0 amide bonds. The molecule has 0 saturated carbocycles. The van der Waals surface area contributed by atoms with Gasteiger partial charge >= 0.3 is 11.9 Å². The zero-order valence-corrected chi connectivity index (χ0v) is 22.2. The normalized spacial score (nSPS) is 27.1. The summed E-state index contributed by atoms with van der Waals surface area (Å²) in [6, 6.07) is 15.3. The van der Waals surface area contributed by atoms with Crippen LogP contribution < -0.4 is 4.74 Å². The van der Waals surface area contributed by atoms with Crippen LogP contribution in [0.2, 0.25) is 0 Å². The molecule has 2 saturated heterocycles. The Morgan fingerprint density at radius 2 is 1.80 bits per heavy atom. The average Bonchev–Trinajstić information content (AvgIpc) is 3.16. The molecule has 2 fully saturated rings. The van der Waals surface area contributed by atoms with Gasteiger partial charge in [-0.3, -0.25) is 9.59 Å². The van der Waals surface area contributed by atoms with Gasteiger partial charge in [-0.1, -0.05) is 65.1 Å². The lowest BCUT2D eigenvalue weighted by Crippen LogP contribution is -2.59. The quantitative estimate of drug-likeness (QED) is 0.269. The second-order valence-corrected chi connectivity index (χ2v) is 9.78. The fourth-order valence-electron chi connectivity index (χ4n) is 4.39. The number of hydrogen-bond acceptors (Lipinski definition) is 8. The molecule has 2 heterocycles. The molecule has 0 aromatic heterocycles. The fraction of sp³-hybridized carbons (Fsp3) is 0.462. The molecule has 4 rings (SSSR count). The van der Waals surface area contributed by atoms with Gasteiger partial charge in [-0.2, -0.15) is 0 Å². The first-order valence-electron chi connectivity index (χ1n) is 11.4. The van der Waals surface area contributed by atoms with Crippen LogP contribution >= 0.6 is 22.6 Å². The Balaban J connectivity index is 1.63. The average molecular weight is 596 g/mol. The Hall–Kier alpha value is -2.21. The summed E-state index contributed by atoms with van der Waals surface area (Å²) in [5.41, 5.74) is 2.56. The van der Waals surface area contributed by atoms with Crippen molar-refractivity contribution in [3.05, 3.63) is 54.1 Å². The highest BCUT2D eigenvalue weighted by molar-refractivity contribution is 14.1. The lowest BCUT2D eigenvalue weighted by atomic mass is 9.99. The molecular weight excluding hydrogens is 567 g/mol. The van der Waals surface area contributed by atoms with Gasteiger partial charge in [0.25, 0.3) is 0 Å². The Morgan fingerprint density at radius 3 is 2.51 bits per heavy atom.